The van der Waals surface area contributed by atoms with E-state index in [2.05, 4.69) is 36.5 Å². The Morgan fingerprint density at radius 3 is 2.67 bits per heavy atom. The highest BCUT2D eigenvalue weighted by Crippen LogP contribution is 2.48. The zero-order chi connectivity index (χ0) is 13.2. The average molecular weight is 246 g/mol. The van der Waals surface area contributed by atoms with E-state index in [4.69, 9.17) is 5.73 Å². The maximum atomic E-state index is 11.7. The van der Waals surface area contributed by atoms with Gasteiger partial charge in [-0.2, -0.15) is 0 Å². The molecule has 1 unspecified atom stereocenters. The molecule has 0 radical (unpaired) electrons. The topological polar surface area (TPSA) is 55.1 Å². The van der Waals surface area contributed by atoms with Crippen molar-refractivity contribution in [2.45, 2.75) is 44.6 Å². The maximum absolute atomic E-state index is 11.7. The molecule has 0 aromatic heterocycles. The van der Waals surface area contributed by atoms with Crippen LogP contribution in [0.1, 0.15) is 37.3 Å². The molecule has 1 atom stereocenters. The molecular formula is C15H22N2O. The number of nitrogens with one attached hydrogen (secondary N) is 1. The van der Waals surface area contributed by atoms with Crippen molar-refractivity contribution in [3.63, 3.8) is 0 Å². The van der Waals surface area contributed by atoms with Crippen LogP contribution in [0, 0.1) is 6.92 Å². The first-order valence-electron chi connectivity index (χ1n) is 6.62. The van der Waals surface area contributed by atoms with Crippen molar-refractivity contribution in [1.82, 2.24) is 5.32 Å². The van der Waals surface area contributed by atoms with Gasteiger partial charge in [0.1, 0.15) is 0 Å². The molecular weight excluding hydrogens is 224 g/mol. The zero-order valence-corrected chi connectivity index (χ0v) is 11.2. The maximum Gasteiger partial charge on any atom is 0.221 e. The Bertz CT molecular complexity index is 436. The first-order valence-corrected chi connectivity index (χ1v) is 6.62. The van der Waals surface area contributed by atoms with Gasteiger partial charge in [-0.05, 0) is 37.8 Å². The summed E-state index contributed by atoms with van der Waals surface area (Å²) in [7, 11) is 0. The van der Waals surface area contributed by atoms with Crippen molar-refractivity contribution < 1.29 is 4.79 Å². The van der Waals surface area contributed by atoms with Gasteiger partial charge in [0.15, 0.2) is 0 Å². The van der Waals surface area contributed by atoms with Gasteiger partial charge in [-0.25, -0.2) is 0 Å². The second kappa shape index (κ2) is 5.11. The van der Waals surface area contributed by atoms with Gasteiger partial charge in [-0.15, -0.1) is 0 Å². The Kier molecular flexibility index (Phi) is 3.71. The molecule has 3 N–H and O–H groups in total. The van der Waals surface area contributed by atoms with E-state index < -0.39 is 0 Å². The van der Waals surface area contributed by atoms with Crippen LogP contribution in [-0.2, 0) is 10.2 Å². The summed E-state index contributed by atoms with van der Waals surface area (Å²) < 4.78 is 0. The lowest BCUT2D eigenvalue weighted by molar-refractivity contribution is -0.121. The van der Waals surface area contributed by atoms with Crippen LogP contribution in [0.3, 0.4) is 0 Å². The van der Waals surface area contributed by atoms with Crippen molar-refractivity contribution in [2.24, 2.45) is 5.73 Å². The quantitative estimate of drug-likeness (QED) is 0.833. The van der Waals surface area contributed by atoms with E-state index in [1.165, 1.54) is 11.1 Å². The number of amides is 1. The minimum Gasteiger partial charge on any atom is -0.355 e. The SMILES string of the molecule is Cc1ccccc1C1(CNC(=O)CC(C)N)CC1. The Labute approximate surface area is 109 Å². The Balaban J connectivity index is 1.97. The standard InChI is InChI=1S/C15H22N2O/c1-11-5-3-4-6-13(11)15(7-8-15)10-17-14(18)9-12(2)16/h3-6,12H,7-10,16H2,1-2H3,(H,17,18). The fraction of sp³-hybridized carbons (Fsp3) is 0.533. The minimum atomic E-state index is -0.0707. The minimum absolute atomic E-state index is 0.0601. The van der Waals surface area contributed by atoms with Crippen LogP contribution >= 0.6 is 0 Å². The molecule has 0 saturated heterocycles. The first kappa shape index (κ1) is 13.1. The second-order valence-corrected chi connectivity index (χ2v) is 5.55. The molecule has 2 rings (SSSR count). The Hall–Kier alpha value is -1.35. The fourth-order valence-corrected chi connectivity index (χ4v) is 2.49. The highest BCUT2D eigenvalue weighted by atomic mass is 16.1. The van der Waals surface area contributed by atoms with E-state index in [1.807, 2.05) is 6.92 Å². The van der Waals surface area contributed by atoms with Gasteiger partial charge >= 0.3 is 0 Å². The van der Waals surface area contributed by atoms with Gasteiger partial charge in [0, 0.05) is 24.4 Å². The van der Waals surface area contributed by atoms with E-state index in [9.17, 15) is 4.79 Å². The van der Waals surface area contributed by atoms with Crippen molar-refractivity contribution in [3.05, 3.63) is 35.4 Å². The van der Waals surface area contributed by atoms with Gasteiger partial charge in [0.05, 0.1) is 0 Å². The number of aryl methyl sites for hydroxylation is 1. The molecule has 1 fully saturated rings. The highest BCUT2D eigenvalue weighted by Gasteiger charge is 2.44. The third kappa shape index (κ3) is 2.91. The summed E-state index contributed by atoms with van der Waals surface area (Å²) in [5.74, 6) is 0.0601. The number of hydrogen-bond donors (Lipinski definition) is 2. The van der Waals surface area contributed by atoms with E-state index in [1.54, 1.807) is 0 Å². The van der Waals surface area contributed by atoms with Crippen LogP contribution in [0.4, 0.5) is 0 Å². The molecule has 1 aliphatic rings. The van der Waals surface area contributed by atoms with Crippen LogP contribution in [0.25, 0.3) is 0 Å². The number of benzene rings is 1. The molecule has 18 heavy (non-hydrogen) atoms. The molecule has 1 amide bonds. The van der Waals surface area contributed by atoms with E-state index in [0.29, 0.717) is 6.42 Å². The van der Waals surface area contributed by atoms with Gasteiger partial charge in [0.2, 0.25) is 5.91 Å². The van der Waals surface area contributed by atoms with Crippen LogP contribution in [0.5, 0.6) is 0 Å². The van der Waals surface area contributed by atoms with Gasteiger partial charge in [0.25, 0.3) is 0 Å². The van der Waals surface area contributed by atoms with Crippen molar-refractivity contribution in [2.75, 3.05) is 6.54 Å². The summed E-state index contributed by atoms with van der Waals surface area (Å²) in [4.78, 5) is 11.7. The number of nitrogens with two attached hydrogens (primary N) is 1. The van der Waals surface area contributed by atoms with Crippen LogP contribution in [-0.4, -0.2) is 18.5 Å². The first-order chi connectivity index (χ1) is 8.53. The number of rotatable bonds is 5. The van der Waals surface area contributed by atoms with Crippen LogP contribution in [0.2, 0.25) is 0 Å². The summed E-state index contributed by atoms with van der Waals surface area (Å²) in [5.41, 5.74) is 8.50. The van der Waals surface area contributed by atoms with Crippen molar-refractivity contribution in [3.8, 4) is 0 Å². The number of hydrogen-bond acceptors (Lipinski definition) is 2. The Morgan fingerprint density at radius 1 is 1.44 bits per heavy atom. The Morgan fingerprint density at radius 2 is 2.11 bits per heavy atom. The van der Waals surface area contributed by atoms with E-state index in [0.717, 1.165) is 19.4 Å². The number of carbonyl (C=O) groups is 1. The van der Waals surface area contributed by atoms with Gasteiger partial charge in [-0.1, -0.05) is 24.3 Å². The predicted molar refractivity (Wildman–Crippen MR) is 73.4 cm³/mol. The summed E-state index contributed by atoms with van der Waals surface area (Å²) >= 11 is 0. The summed E-state index contributed by atoms with van der Waals surface area (Å²) in [6.07, 6.45) is 2.73. The molecule has 0 spiro atoms. The molecule has 1 aliphatic carbocycles. The normalized spacial score (nSPS) is 18.2. The molecule has 1 aromatic rings. The zero-order valence-electron chi connectivity index (χ0n) is 11.2. The van der Waals surface area contributed by atoms with E-state index >= 15 is 0 Å². The molecule has 98 valence electrons. The summed E-state index contributed by atoms with van der Waals surface area (Å²) in [5, 5.41) is 3.02. The molecule has 0 bridgehead atoms. The van der Waals surface area contributed by atoms with Crippen molar-refractivity contribution >= 4 is 5.91 Å². The third-order valence-corrected chi connectivity index (χ3v) is 3.70. The smallest absolute Gasteiger partial charge is 0.221 e. The van der Waals surface area contributed by atoms with E-state index in [-0.39, 0.29) is 17.4 Å². The molecule has 3 nitrogen and oxygen atoms in total. The number of carbonyl (C=O) groups excluding carboxylic acids is 1. The molecule has 0 heterocycles. The monoisotopic (exact) mass is 246 g/mol. The van der Waals surface area contributed by atoms with Crippen molar-refractivity contribution in [1.29, 1.82) is 0 Å². The molecule has 1 saturated carbocycles. The molecule has 3 heteroatoms. The highest BCUT2D eigenvalue weighted by molar-refractivity contribution is 5.76. The lowest BCUT2D eigenvalue weighted by Crippen LogP contribution is -2.35. The van der Waals surface area contributed by atoms with Gasteiger partial charge in [-0.3, -0.25) is 4.79 Å². The second-order valence-electron chi connectivity index (χ2n) is 5.55. The third-order valence-electron chi connectivity index (χ3n) is 3.70. The largest absolute Gasteiger partial charge is 0.355 e. The molecule has 1 aromatic carbocycles. The predicted octanol–water partition coefficient (Wildman–Crippen LogP) is 1.88. The average Bonchev–Trinajstić information content (AvgIpc) is 3.07. The van der Waals surface area contributed by atoms with Crippen LogP contribution in [0.15, 0.2) is 24.3 Å². The van der Waals surface area contributed by atoms with Gasteiger partial charge < -0.3 is 11.1 Å². The summed E-state index contributed by atoms with van der Waals surface area (Å²) in [6.45, 7) is 4.73. The summed E-state index contributed by atoms with van der Waals surface area (Å²) in [6, 6.07) is 8.38. The lowest BCUT2D eigenvalue weighted by Gasteiger charge is -2.19. The lowest BCUT2D eigenvalue weighted by atomic mass is 9.92. The fourth-order valence-electron chi connectivity index (χ4n) is 2.49. The molecule has 0 aliphatic heterocycles. The van der Waals surface area contributed by atoms with Crippen LogP contribution < -0.4 is 11.1 Å².